The Morgan fingerprint density at radius 1 is 1.29 bits per heavy atom. The van der Waals surface area contributed by atoms with E-state index in [0.29, 0.717) is 13.0 Å². The topological polar surface area (TPSA) is 29.5 Å². The quantitative estimate of drug-likeness (QED) is 0.776. The lowest BCUT2D eigenvalue weighted by Gasteiger charge is -2.26. The van der Waals surface area contributed by atoms with Crippen LogP contribution in [0.15, 0.2) is 24.3 Å². The minimum absolute atomic E-state index is 0.0241. The van der Waals surface area contributed by atoms with Crippen molar-refractivity contribution in [1.29, 1.82) is 0 Å². The largest absolute Gasteiger partial charge is 0.393 e. The van der Waals surface area contributed by atoms with Gasteiger partial charge in [-0.3, -0.25) is 0 Å². The molecule has 0 unspecified atom stereocenters. The van der Waals surface area contributed by atoms with Gasteiger partial charge in [0.25, 0.3) is 0 Å². The van der Waals surface area contributed by atoms with E-state index < -0.39 is 0 Å². The highest BCUT2D eigenvalue weighted by Gasteiger charge is 2.21. The van der Waals surface area contributed by atoms with Gasteiger partial charge in [-0.25, -0.2) is 0 Å². The molecule has 1 aromatic rings. The maximum atomic E-state index is 9.49. The lowest BCUT2D eigenvalue weighted by Crippen LogP contribution is -2.23. The summed E-state index contributed by atoms with van der Waals surface area (Å²) < 4.78 is 5.57. The Morgan fingerprint density at radius 3 is 2.64 bits per heavy atom. The number of rotatable bonds is 1. The van der Waals surface area contributed by atoms with Crippen molar-refractivity contribution in [3.05, 3.63) is 34.9 Å². The Bertz CT molecular complexity index is 297. The Kier molecular flexibility index (Phi) is 3.06. The summed E-state index contributed by atoms with van der Waals surface area (Å²) in [7, 11) is 0. The highest BCUT2D eigenvalue weighted by Crippen LogP contribution is 2.28. The number of aliphatic hydroxyl groups excluding tert-OH is 1. The van der Waals surface area contributed by atoms with Crippen molar-refractivity contribution in [2.45, 2.75) is 25.0 Å². The van der Waals surface area contributed by atoms with Crippen molar-refractivity contribution in [1.82, 2.24) is 0 Å². The maximum Gasteiger partial charge on any atom is 0.0849 e. The van der Waals surface area contributed by atoms with Gasteiger partial charge in [0.15, 0.2) is 0 Å². The van der Waals surface area contributed by atoms with E-state index in [1.807, 2.05) is 24.3 Å². The molecule has 0 radical (unpaired) electrons. The van der Waals surface area contributed by atoms with Crippen LogP contribution in [0.5, 0.6) is 0 Å². The van der Waals surface area contributed by atoms with Gasteiger partial charge in [0.1, 0.15) is 0 Å². The highest BCUT2D eigenvalue weighted by atomic mass is 35.5. The molecule has 0 spiro atoms. The van der Waals surface area contributed by atoms with E-state index in [0.717, 1.165) is 17.0 Å². The molecule has 0 aliphatic carbocycles. The normalized spacial score (nSPS) is 27.6. The lowest BCUT2D eigenvalue weighted by atomic mass is 10.00. The molecule has 1 aliphatic heterocycles. The van der Waals surface area contributed by atoms with Crippen LogP contribution in [0.2, 0.25) is 5.02 Å². The number of hydrogen-bond donors (Lipinski definition) is 1. The fraction of sp³-hybridized carbons (Fsp3) is 0.455. The van der Waals surface area contributed by atoms with Gasteiger partial charge in [-0.05, 0) is 24.1 Å². The number of halogens is 1. The predicted octanol–water partition coefficient (Wildman–Crippen LogP) is 2.55. The van der Waals surface area contributed by atoms with Crippen molar-refractivity contribution < 1.29 is 9.84 Å². The fourth-order valence-electron chi connectivity index (χ4n) is 1.69. The molecule has 1 fully saturated rings. The second kappa shape index (κ2) is 4.30. The van der Waals surface area contributed by atoms with E-state index in [1.54, 1.807) is 0 Å². The number of hydrogen-bond acceptors (Lipinski definition) is 2. The average molecular weight is 213 g/mol. The first-order chi connectivity index (χ1) is 6.75. The summed E-state index contributed by atoms with van der Waals surface area (Å²) in [5, 5.41) is 10.2. The number of benzene rings is 1. The van der Waals surface area contributed by atoms with E-state index in [2.05, 4.69) is 0 Å². The van der Waals surface area contributed by atoms with Gasteiger partial charge in [0.2, 0.25) is 0 Å². The van der Waals surface area contributed by atoms with Gasteiger partial charge in [-0.1, -0.05) is 23.7 Å². The molecule has 1 saturated heterocycles. The number of ether oxygens (including phenoxy) is 1. The van der Waals surface area contributed by atoms with Crippen molar-refractivity contribution in [3.63, 3.8) is 0 Å². The first-order valence-corrected chi connectivity index (χ1v) is 5.18. The zero-order valence-electron chi connectivity index (χ0n) is 7.82. The summed E-state index contributed by atoms with van der Waals surface area (Å²) in [5.41, 5.74) is 1.09. The molecule has 1 N–H and O–H groups in total. The summed E-state index contributed by atoms with van der Waals surface area (Å²) in [4.78, 5) is 0. The Balaban J connectivity index is 2.10. The molecule has 0 saturated carbocycles. The molecule has 3 heteroatoms. The lowest BCUT2D eigenvalue weighted by molar-refractivity contribution is -0.0447. The van der Waals surface area contributed by atoms with E-state index in [1.165, 1.54) is 0 Å². The minimum Gasteiger partial charge on any atom is -0.393 e. The zero-order chi connectivity index (χ0) is 9.97. The molecule has 2 atom stereocenters. The molecule has 0 amide bonds. The predicted molar refractivity (Wildman–Crippen MR) is 55.4 cm³/mol. The van der Waals surface area contributed by atoms with E-state index in [-0.39, 0.29) is 12.2 Å². The van der Waals surface area contributed by atoms with Gasteiger partial charge < -0.3 is 9.84 Å². The standard InChI is InChI=1S/C11H13ClO2/c12-9-3-1-8(2-4-9)11-7-10(13)5-6-14-11/h1-4,10-11,13H,5-7H2/t10-,11+/m1/s1. The molecule has 76 valence electrons. The third-order valence-electron chi connectivity index (χ3n) is 2.50. The van der Waals surface area contributed by atoms with Gasteiger partial charge in [0.05, 0.1) is 12.2 Å². The van der Waals surface area contributed by atoms with Crippen molar-refractivity contribution in [2.24, 2.45) is 0 Å². The smallest absolute Gasteiger partial charge is 0.0849 e. The summed E-state index contributed by atoms with van der Waals surface area (Å²) in [6, 6.07) is 7.60. The fourth-order valence-corrected chi connectivity index (χ4v) is 1.82. The molecule has 0 bridgehead atoms. The average Bonchev–Trinajstić information content (AvgIpc) is 2.19. The van der Waals surface area contributed by atoms with Crippen LogP contribution in [0, 0.1) is 0 Å². The van der Waals surface area contributed by atoms with Gasteiger partial charge in [-0.2, -0.15) is 0 Å². The van der Waals surface area contributed by atoms with Gasteiger partial charge in [0, 0.05) is 18.1 Å². The molecule has 0 aromatic heterocycles. The molecule has 1 heterocycles. The second-order valence-corrected chi connectivity index (χ2v) is 4.03. The van der Waals surface area contributed by atoms with Crippen LogP contribution >= 0.6 is 11.6 Å². The molecule has 14 heavy (non-hydrogen) atoms. The first kappa shape index (κ1) is 9.97. The molecular formula is C11H13ClO2. The second-order valence-electron chi connectivity index (χ2n) is 3.59. The Hall–Kier alpha value is -0.570. The molecule has 1 aliphatic rings. The van der Waals surface area contributed by atoms with E-state index in [4.69, 9.17) is 16.3 Å². The maximum absolute atomic E-state index is 9.49. The van der Waals surface area contributed by atoms with Crippen molar-refractivity contribution in [3.8, 4) is 0 Å². The van der Waals surface area contributed by atoms with Gasteiger partial charge in [-0.15, -0.1) is 0 Å². The van der Waals surface area contributed by atoms with E-state index >= 15 is 0 Å². The molecule has 1 aromatic carbocycles. The van der Waals surface area contributed by atoms with E-state index in [9.17, 15) is 5.11 Å². The van der Waals surface area contributed by atoms with Crippen LogP contribution < -0.4 is 0 Å². The third kappa shape index (κ3) is 2.27. The molecule has 2 rings (SSSR count). The van der Waals surface area contributed by atoms with Crippen LogP contribution in [0.25, 0.3) is 0 Å². The van der Waals surface area contributed by atoms with Crippen molar-refractivity contribution >= 4 is 11.6 Å². The van der Waals surface area contributed by atoms with Crippen LogP contribution in [0.4, 0.5) is 0 Å². The molecular weight excluding hydrogens is 200 g/mol. The van der Waals surface area contributed by atoms with Crippen LogP contribution in [0.3, 0.4) is 0 Å². The number of aliphatic hydroxyl groups is 1. The first-order valence-electron chi connectivity index (χ1n) is 4.81. The highest BCUT2D eigenvalue weighted by molar-refractivity contribution is 6.30. The van der Waals surface area contributed by atoms with Crippen molar-refractivity contribution in [2.75, 3.05) is 6.61 Å². The summed E-state index contributed by atoms with van der Waals surface area (Å²) in [6.07, 6.45) is 1.21. The minimum atomic E-state index is -0.232. The SMILES string of the molecule is O[C@@H]1CCO[C@H](c2ccc(Cl)cc2)C1. The zero-order valence-corrected chi connectivity index (χ0v) is 8.57. The van der Waals surface area contributed by atoms with Crippen LogP contribution in [0.1, 0.15) is 24.5 Å². The van der Waals surface area contributed by atoms with Crippen LogP contribution in [-0.2, 0) is 4.74 Å². The Labute approximate surface area is 88.5 Å². The summed E-state index contributed by atoms with van der Waals surface area (Å²) in [5.74, 6) is 0. The summed E-state index contributed by atoms with van der Waals surface area (Å²) >= 11 is 5.79. The van der Waals surface area contributed by atoms with Gasteiger partial charge >= 0.3 is 0 Å². The third-order valence-corrected chi connectivity index (χ3v) is 2.75. The Morgan fingerprint density at radius 2 is 2.00 bits per heavy atom. The monoisotopic (exact) mass is 212 g/mol. The summed E-state index contributed by atoms with van der Waals surface area (Å²) in [6.45, 7) is 0.633. The molecule has 2 nitrogen and oxygen atoms in total. The van der Waals surface area contributed by atoms with Crippen LogP contribution in [-0.4, -0.2) is 17.8 Å².